The molecular formula is C17H23NO3. The van der Waals surface area contributed by atoms with Crippen LogP contribution < -0.4 is 0 Å². The lowest BCUT2D eigenvalue weighted by atomic mass is 9.97. The molecule has 1 fully saturated rings. The van der Waals surface area contributed by atoms with E-state index in [1.807, 2.05) is 0 Å². The van der Waals surface area contributed by atoms with Crippen molar-refractivity contribution in [2.75, 3.05) is 33.4 Å². The fourth-order valence-electron chi connectivity index (χ4n) is 3.54. The summed E-state index contributed by atoms with van der Waals surface area (Å²) in [6.07, 6.45) is 1.12. The van der Waals surface area contributed by atoms with Gasteiger partial charge in [-0.2, -0.15) is 0 Å². The van der Waals surface area contributed by atoms with Crippen molar-refractivity contribution in [3.63, 3.8) is 0 Å². The van der Waals surface area contributed by atoms with Gasteiger partial charge in [0.25, 0.3) is 0 Å². The normalized spacial score (nSPS) is 29.1. The van der Waals surface area contributed by atoms with Crippen molar-refractivity contribution in [2.45, 2.75) is 19.4 Å². The number of hydrogen-bond donors (Lipinski definition) is 0. The minimum atomic E-state index is -0.0880. The lowest BCUT2D eigenvalue weighted by Gasteiger charge is -2.29. The molecule has 0 N–H and O–H groups in total. The molecule has 1 aromatic carbocycles. The van der Waals surface area contributed by atoms with Gasteiger partial charge in [-0.05, 0) is 23.5 Å². The van der Waals surface area contributed by atoms with Gasteiger partial charge in [0.1, 0.15) is 0 Å². The first-order chi connectivity index (χ1) is 10.2. The predicted molar refractivity (Wildman–Crippen MR) is 79.9 cm³/mol. The van der Waals surface area contributed by atoms with Crippen LogP contribution in [0.4, 0.5) is 0 Å². The lowest BCUT2D eigenvalue weighted by Crippen LogP contribution is -2.31. The maximum absolute atomic E-state index is 11.8. The van der Waals surface area contributed by atoms with E-state index in [1.54, 1.807) is 0 Å². The minimum absolute atomic E-state index is 0.00571. The molecule has 2 aliphatic rings. The molecule has 2 aliphatic heterocycles. The summed E-state index contributed by atoms with van der Waals surface area (Å²) in [7, 11) is 1.47. The van der Waals surface area contributed by atoms with Crippen LogP contribution in [0.1, 0.15) is 24.2 Å². The highest BCUT2D eigenvalue weighted by atomic mass is 16.5. The van der Waals surface area contributed by atoms with Gasteiger partial charge in [-0.1, -0.05) is 31.2 Å². The molecule has 0 amide bonds. The molecule has 0 saturated carbocycles. The Kier molecular flexibility index (Phi) is 4.27. The molecule has 4 heteroatoms. The van der Waals surface area contributed by atoms with Crippen LogP contribution in [0, 0.1) is 11.8 Å². The number of benzene rings is 1. The third kappa shape index (κ3) is 2.97. The standard InChI is InChI=1S/C17H23NO3/c1-12-9-18(10-15(12)17(19)20-2)11-16-14-6-4-3-5-13(14)7-8-21-16/h3-6,12,15-16H,7-11H2,1-2H3. The van der Waals surface area contributed by atoms with Crippen molar-refractivity contribution in [1.82, 2.24) is 4.90 Å². The van der Waals surface area contributed by atoms with Gasteiger partial charge in [0, 0.05) is 19.6 Å². The van der Waals surface area contributed by atoms with E-state index in [0.717, 1.165) is 32.7 Å². The average molecular weight is 289 g/mol. The van der Waals surface area contributed by atoms with E-state index in [1.165, 1.54) is 18.2 Å². The van der Waals surface area contributed by atoms with Crippen LogP contribution in [0.15, 0.2) is 24.3 Å². The van der Waals surface area contributed by atoms with Crippen molar-refractivity contribution in [2.24, 2.45) is 11.8 Å². The Morgan fingerprint density at radius 3 is 3.00 bits per heavy atom. The summed E-state index contributed by atoms with van der Waals surface area (Å²) in [6.45, 7) is 5.47. The SMILES string of the molecule is COC(=O)C1CN(CC2OCCc3ccccc32)CC1C. The maximum atomic E-state index is 11.8. The topological polar surface area (TPSA) is 38.8 Å². The van der Waals surface area contributed by atoms with Crippen LogP contribution in [0.2, 0.25) is 0 Å². The number of esters is 1. The zero-order valence-electron chi connectivity index (χ0n) is 12.7. The smallest absolute Gasteiger partial charge is 0.310 e. The molecule has 2 heterocycles. The summed E-state index contributed by atoms with van der Waals surface area (Å²) in [4.78, 5) is 14.1. The number of methoxy groups -OCH3 is 1. The van der Waals surface area contributed by atoms with Gasteiger partial charge < -0.3 is 9.47 Å². The van der Waals surface area contributed by atoms with E-state index < -0.39 is 0 Å². The monoisotopic (exact) mass is 289 g/mol. The molecule has 3 unspecified atom stereocenters. The Bertz CT molecular complexity index is 517. The van der Waals surface area contributed by atoms with E-state index in [2.05, 4.69) is 36.1 Å². The summed E-state index contributed by atoms with van der Waals surface area (Å²) >= 11 is 0. The van der Waals surface area contributed by atoms with E-state index >= 15 is 0 Å². The van der Waals surface area contributed by atoms with Crippen LogP contribution in [0.25, 0.3) is 0 Å². The van der Waals surface area contributed by atoms with Crippen molar-refractivity contribution in [1.29, 1.82) is 0 Å². The lowest BCUT2D eigenvalue weighted by molar-refractivity contribution is -0.146. The molecule has 0 radical (unpaired) electrons. The Hall–Kier alpha value is -1.39. The quantitative estimate of drug-likeness (QED) is 0.798. The van der Waals surface area contributed by atoms with Gasteiger partial charge in [0.15, 0.2) is 0 Å². The average Bonchev–Trinajstić information content (AvgIpc) is 2.87. The molecule has 0 aromatic heterocycles. The second-order valence-electron chi connectivity index (χ2n) is 6.13. The molecule has 114 valence electrons. The Balaban J connectivity index is 1.67. The van der Waals surface area contributed by atoms with Crippen LogP contribution in [0.3, 0.4) is 0 Å². The van der Waals surface area contributed by atoms with Gasteiger partial charge in [0.2, 0.25) is 0 Å². The molecule has 0 bridgehead atoms. The van der Waals surface area contributed by atoms with Crippen molar-refractivity contribution in [3.8, 4) is 0 Å². The first-order valence-electron chi connectivity index (χ1n) is 7.68. The summed E-state index contributed by atoms with van der Waals surface area (Å²) in [6, 6.07) is 8.52. The first kappa shape index (κ1) is 14.5. The van der Waals surface area contributed by atoms with Crippen LogP contribution in [0.5, 0.6) is 0 Å². The van der Waals surface area contributed by atoms with Crippen molar-refractivity contribution in [3.05, 3.63) is 35.4 Å². The Labute approximate surface area is 126 Å². The van der Waals surface area contributed by atoms with Gasteiger partial charge >= 0.3 is 5.97 Å². The van der Waals surface area contributed by atoms with Crippen LogP contribution in [-0.4, -0.2) is 44.2 Å². The molecule has 0 aliphatic carbocycles. The highest BCUT2D eigenvalue weighted by Gasteiger charge is 2.37. The second-order valence-corrected chi connectivity index (χ2v) is 6.13. The van der Waals surface area contributed by atoms with Crippen LogP contribution >= 0.6 is 0 Å². The fraction of sp³-hybridized carbons (Fsp3) is 0.588. The first-order valence-corrected chi connectivity index (χ1v) is 7.68. The van der Waals surface area contributed by atoms with E-state index in [-0.39, 0.29) is 18.0 Å². The highest BCUT2D eigenvalue weighted by Crippen LogP contribution is 2.31. The number of carbonyl (C=O) groups is 1. The van der Waals surface area contributed by atoms with Crippen molar-refractivity contribution < 1.29 is 14.3 Å². The zero-order valence-corrected chi connectivity index (χ0v) is 12.7. The number of rotatable bonds is 3. The molecule has 4 nitrogen and oxygen atoms in total. The fourth-order valence-corrected chi connectivity index (χ4v) is 3.54. The number of likely N-dealkylation sites (tertiary alicyclic amines) is 1. The molecule has 1 saturated heterocycles. The number of fused-ring (bicyclic) bond motifs is 1. The number of carbonyl (C=O) groups excluding carboxylic acids is 1. The van der Waals surface area contributed by atoms with Gasteiger partial charge in [0.05, 0.1) is 25.7 Å². The van der Waals surface area contributed by atoms with Gasteiger partial charge in [-0.25, -0.2) is 0 Å². The summed E-state index contributed by atoms with van der Waals surface area (Å²) in [5.74, 6) is 0.250. The summed E-state index contributed by atoms with van der Waals surface area (Å²) < 4.78 is 10.9. The third-order valence-corrected chi connectivity index (χ3v) is 4.71. The molecule has 21 heavy (non-hydrogen) atoms. The number of nitrogens with zero attached hydrogens (tertiary/aromatic N) is 1. The van der Waals surface area contributed by atoms with E-state index in [9.17, 15) is 4.79 Å². The maximum Gasteiger partial charge on any atom is 0.310 e. The molecule has 1 aromatic rings. The van der Waals surface area contributed by atoms with Gasteiger partial charge in [-0.3, -0.25) is 9.69 Å². The second kappa shape index (κ2) is 6.16. The molecule has 3 rings (SSSR count). The predicted octanol–water partition coefficient (Wildman–Crippen LogP) is 2.04. The minimum Gasteiger partial charge on any atom is -0.469 e. The molecule has 0 spiro atoms. The summed E-state index contributed by atoms with van der Waals surface area (Å²) in [5, 5.41) is 0. The van der Waals surface area contributed by atoms with E-state index in [0.29, 0.717) is 5.92 Å². The van der Waals surface area contributed by atoms with E-state index in [4.69, 9.17) is 9.47 Å². The largest absolute Gasteiger partial charge is 0.469 e. The Morgan fingerprint density at radius 2 is 2.19 bits per heavy atom. The number of ether oxygens (including phenoxy) is 2. The summed E-state index contributed by atoms with van der Waals surface area (Å²) in [5.41, 5.74) is 2.70. The highest BCUT2D eigenvalue weighted by molar-refractivity contribution is 5.73. The van der Waals surface area contributed by atoms with Crippen LogP contribution in [-0.2, 0) is 20.7 Å². The third-order valence-electron chi connectivity index (χ3n) is 4.71. The van der Waals surface area contributed by atoms with Gasteiger partial charge in [-0.15, -0.1) is 0 Å². The Morgan fingerprint density at radius 1 is 1.38 bits per heavy atom. The van der Waals surface area contributed by atoms with Crippen molar-refractivity contribution >= 4 is 5.97 Å². The molecular weight excluding hydrogens is 266 g/mol. The zero-order chi connectivity index (χ0) is 14.8. The number of hydrogen-bond acceptors (Lipinski definition) is 4. The molecule has 3 atom stereocenters.